The van der Waals surface area contributed by atoms with Gasteiger partial charge in [-0.2, -0.15) is 4.31 Å². The third-order valence-corrected chi connectivity index (χ3v) is 8.35. The molecule has 1 saturated heterocycles. The smallest absolute Gasteiger partial charge is 0.243 e. The molecule has 0 aromatic heterocycles. The Morgan fingerprint density at radius 1 is 0.882 bits per heavy atom. The summed E-state index contributed by atoms with van der Waals surface area (Å²) in [6, 6.07) is 22.4. The normalized spacial score (nSPS) is 16.4. The standard InChI is InChI=1S/C26H28Cl2N2O3S/c1-20-4-2-5-21(16-20)19-33-26(22-8-10-23(27)11-9-22)18-29-12-14-30(15-13-29)34(31,32)25-7-3-6-24(28)17-25/h2-11,16-17,26H,12-15,18-19H2,1H3. The van der Waals surface area contributed by atoms with Gasteiger partial charge in [-0.05, 0) is 48.4 Å². The van der Waals surface area contributed by atoms with Crippen LogP contribution in [0.3, 0.4) is 0 Å². The van der Waals surface area contributed by atoms with Gasteiger partial charge in [0.25, 0.3) is 0 Å². The number of halogens is 2. The molecule has 0 amide bonds. The second kappa shape index (κ2) is 11.2. The van der Waals surface area contributed by atoms with E-state index in [1.807, 2.05) is 30.3 Å². The Labute approximate surface area is 211 Å². The lowest BCUT2D eigenvalue weighted by atomic mass is 10.1. The molecule has 1 heterocycles. The number of hydrogen-bond donors (Lipinski definition) is 0. The molecular formula is C26H28Cl2N2O3S. The van der Waals surface area contributed by atoms with Crippen molar-refractivity contribution in [1.29, 1.82) is 0 Å². The summed E-state index contributed by atoms with van der Waals surface area (Å²) < 4.78 is 33.9. The zero-order chi connectivity index (χ0) is 24.1. The second-order valence-corrected chi connectivity index (χ2v) is 11.3. The van der Waals surface area contributed by atoms with Crippen LogP contribution < -0.4 is 0 Å². The Kier molecular flexibility index (Phi) is 8.30. The zero-order valence-corrected chi connectivity index (χ0v) is 21.4. The van der Waals surface area contributed by atoms with Gasteiger partial charge in [-0.1, -0.05) is 71.2 Å². The van der Waals surface area contributed by atoms with Crippen LogP contribution in [0, 0.1) is 6.92 Å². The molecule has 1 fully saturated rings. The third kappa shape index (κ3) is 6.39. The highest BCUT2D eigenvalue weighted by atomic mass is 35.5. The molecule has 5 nitrogen and oxygen atoms in total. The largest absolute Gasteiger partial charge is 0.368 e. The van der Waals surface area contributed by atoms with Crippen LogP contribution in [-0.2, 0) is 21.4 Å². The van der Waals surface area contributed by atoms with Gasteiger partial charge in [0.2, 0.25) is 10.0 Å². The average Bonchev–Trinajstić information content (AvgIpc) is 2.83. The van der Waals surface area contributed by atoms with Crippen molar-refractivity contribution in [2.24, 2.45) is 0 Å². The zero-order valence-electron chi connectivity index (χ0n) is 19.0. The summed E-state index contributed by atoms with van der Waals surface area (Å²) in [5.74, 6) is 0. The molecular weight excluding hydrogens is 491 g/mol. The predicted molar refractivity (Wildman–Crippen MR) is 137 cm³/mol. The molecule has 4 rings (SSSR count). The Balaban J connectivity index is 1.42. The van der Waals surface area contributed by atoms with E-state index >= 15 is 0 Å². The summed E-state index contributed by atoms with van der Waals surface area (Å²) in [5.41, 5.74) is 3.36. The first kappa shape index (κ1) is 25.2. The van der Waals surface area contributed by atoms with Gasteiger partial charge in [0.1, 0.15) is 0 Å². The summed E-state index contributed by atoms with van der Waals surface area (Å²) in [6.07, 6.45) is -0.158. The maximum Gasteiger partial charge on any atom is 0.243 e. The van der Waals surface area contributed by atoms with Crippen LogP contribution in [0.5, 0.6) is 0 Å². The fourth-order valence-corrected chi connectivity index (χ4v) is 5.94. The van der Waals surface area contributed by atoms with Crippen LogP contribution >= 0.6 is 23.2 Å². The number of rotatable bonds is 8. The fraction of sp³-hybridized carbons (Fsp3) is 0.308. The van der Waals surface area contributed by atoms with E-state index in [4.69, 9.17) is 27.9 Å². The van der Waals surface area contributed by atoms with E-state index in [1.54, 1.807) is 18.2 Å². The minimum Gasteiger partial charge on any atom is -0.368 e. The first-order chi connectivity index (χ1) is 16.3. The van der Waals surface area contributed by atoms with Gasteiger partial charge in [0, 0.05) is 42.8 Å². The molecule has 1 aliphatic rings. The van der Waals surface area contributed by atoms with Crippen LogP contribution in [0.2, 0.25) is 10.0 Å². The van der Waals surface area contributed by atoms with Crippen LogP contribution in [0.1, 0.15) is 22.8 Å². The van der Waals surface area contributed by atoms with Gasteiger partial charge in [-0.25, -0.2) is 8.42 Å². The van der Waals surface area contributed by atoms with Crippen molar-refractivity contribution in [3.8, 4) is 0 Å². The lowest BCUT2D eigenvalue weighted by molar-refractivity contribution is 0.00771. The van der Waals surface area contributed by atoms with Crippen LogP contribution in [0.15, 0.2) is 77.7 Å². The van der Waals surface area contributed by atoms with Gasteiger partial charge >= 0.3 is 0 Å². The number of piperazine rings is 1. The molecule has 3 aromatic carbocycles. The number of sulfonamides is 1. The first-order valence-corrected chi connectivity index (χ1v) is 13.4. The molecule has 1 atom stereocenters. The lowest BCUT2D eigenvalue weighted by Crippen LogP contribution is -2.49. The monoisotopic (exact) mass is 518 g/mol. The highest BCUT2D eigenvalue weighted by Crippen LogP contribution is 2.25. The Hall–Kier alpha value is -1.93. The van der Waals surface area contributed by atoms with Gasteiger partial charge in [0.15, 0.2) is 0 Å². The van der Waals surface area contributed by atoms with E-state index in [0.29, 0.717) is 49.4 Å². The highest BCUT2D eigenvalue weighted by molar-refractivity contribution is 7.89. The second-order valence-electron chi connectivity index (χ2n) is 8.50. The van der Waals surface area contributed by atoms with Gasteiger partial charge < -0.3 is 4.74 Å². The number of ether oxygens (including phenoxy) is 1. The summed E-state index contributed by atoms with van der Waals surface area (Å²) in [6.45, 7) is 5.31. The Morgan fingerprint density at radius 3 is 2.26 bits per heavy atom. The van der Waals surface area contributed by atoms with Crippen molar-refractivity contribution in [3.05, 3.63) is 99.5 Å². The molecule has 1 aliphatic heterocycles. The van der Waals surface area contributed by atoms with Crippen molar-refractivity contribution in [2.45, 2.75) is 24.5 Å². The van der Waals surface area contributed by atoms with Crippen molar-refractivity contribution in [1.82, 2.24) is 9.21 Å². The average molecular weight is 519 g/mol. The summed E-state index contributed by atoms with van der Waals surface area (Å²) in [7, 11) is -3.57. The van der Waals surface area contributed by atoms with E-state index in [-0.39, 0.29) is 11.0 Å². The van der Waals surface area contributed by atoms with Crippen molar-refractivity contribution in [3.63, 3.8) is 0 Å². The summed E-state index contributed by atoms with van der Waals surface area (Å²) in [4.78, 5) is 2.48. The predicted octanol–water partition coefficient (Wildman–Crippen LogP) is 5.57. The van der Waals surface area contributed by atoms with E-state index in [2.05, 4.69) is 30.0 Å². The number of aryl methyl sites for hydroxylation is 1. The van der Waals surface area contributed by atoms with Crippen LogP contribution in [-0.4, -0.2) is 50.3 Å². The van der Waals surface area contributed by atoms with Crippen molar-refractivity contribution >= 4 is 33.2 Å². The molecule has 3 aromatic rings. The molecule has 0 saturated carbocycles. The molecule has 8 heteroatoms. The number of nitrogens with zero attached hydrogens (tertiary/aromatic N) is 2. The third-order valence-electron chi connectivity index (χ3n) is 5.96. The quantitative estimate of drug-likeness (QED) is 0.391. The molecule has 0 spiro atoms. The minimum atomic E-state index is -3.57. The van der Waals surface area contributed by atoms with Crippen molar-refractivity contribution < 1.29 is 13.2 Å². The molecule has 0 aliphatic carbocycles. The van der Waals surface area contributed by atoms with E-state index in [0.717, 1.165) is 11.1 Å². The summed E-state index contributed by atoms with van der Waals surface area (Å²) >= 11 is 12.1. The van der Waals surface area contributed by atoms with Gasteiger partial charge in [0.05, 0.1) is 17.6 Å². The Bertz CT molecular complexity index is 1210. The maximum atomic E-state index is 13.0. The first-order valence-electron chi connectivity index (χ1n) is 11.2. The SMILES string of the molecule is Cc1cccc(COC(CN2CCN(S(=O)(=O)c3cccc(Cl)c3)CC2)c2ccc(Cl)cc2)c1. The van der Waals surface area contributed by atoms with Gasteiger partial charge in [-0.15, -0.1) is 0 Å². The molecule has 1 unspecified atom stereocenters. The van der Waals surface area contributed by atoms with E-state index in [9.17, 15) is 8.42 Å². The highest BCUT2D eigenvalue weighted by Gasteiger charge is 2.29. The minimum absolute atomic E-state index is 0.158. The lowest BCUT2D eigenvalue weighted by Gasteiger charge is -2.36. The molecule has 0 bridgehead atoms. The molecule has 34 heavy (non-hydrogen) atoms. The summed E-state index contributed by atoms with van der Waals surface area (Å²) in [5, 5.41) is 1.09. The number of hydrogen-bond acceptors (Lipinski definition) is 4. The number of benzene rings is 3. The van der Waals surface area contributed by atoms with Crippen LogP contribution in [0.4, 0.5) is 0 Å². The topological polar surface area (TPSA) is 49.9 Å². The van der Waals surface area contributed by atoms with Crippen molar-refractivity contribution in [2.75, 3.05) is 32.7 Å². The molecule has 0 radical (unpaired) electrons. The van der Waals surface area contributed by atoms with Gasteiger partial charge in [-0.3, -0.25) is 4.90 Å². The molecule has 180 valence electrons. The fourth-order valence-electron chi connectivity index (χ4n) is 4.09. The Morgan fingerprint density at radius 2 is 1.59 bits per heavy atom. The molecule has 0 N–H and O–H groups in total. The van der Waals surface area contributed by atoms with Crippen LogP contribution in [0.25, 0.3) is 0 Å². The van der Waals surface area contributed by atoms with E-state index < -0.39 is 10.0 Å². The maximum absolute atomic E-state index is 13.0. The van der Waals surface area contributed by atoms with E-state index in [1.165, 1.54) is 15.9 Å².